The summed E-state index contributed by atoms with van der Waals surface area (Å²) < 4.78 is 5.20. The van der Waals surface area contributed by atoms with Gasteiger partial charge in [0.05, 0.1) is 18.2 Å². The highest BCUT2D eigenvalue weighted by Gasteiger charge is 2.17. The topological polar surface area (TPSA) is 65.0 Å². The summed E-state index contributed by atoms with van der Waals surface area (Å²) in [5, 5.41) is 1.45. The molecule has 0 spiro atoms. The average Bonchev–Trinajstić information content (AvgIpc) is 2.60. The number of methoxy groups -OCH3 is 1. The van der Waals surface area contributed by atoms with Crippen LogP contribution in [0.2, 0.25) is 5.15 Å². The fourth-order valence-electron chi connectivity index (χ4n) is 2.12. The zero-order valence-corrected chi connectivity index (χ0v) is 14.0. The van der Waals surface area contributed by atoms with Crippen LogP contribution in [0.15, 0.2) is 41.7 Å². The van der Waals surface area contributed by atoms with Crippen molar-refractivity contribution < 1.29 is 9.53 Å². The van der Waals surface area contributed by atoms with Gasteiger partial charge in [-0.3, -0.25) is 4.79 Å². The average molecular weight is 346 g/mol. The SMILES string of the molecule is COc1ccc2nc(Cl)c(C(=O)c3ccnc(SC)n3)cc2c1. The number of halogens is 1. The second kappa shape index (κ2) is 6.52. The molecular formula is C16H12ClN3O2S. The number of pyridine rings is 1. The van der Waals surface area contributed by atoms with E-state index in [0.717, 1.165) is 5.39 Å². The smallest absolute Gasteiger partial charge is 0.214 e. The van der Waals surface area contributed by atoms with E-state index in [1.165, 1.54) is 11.8 Å². The van der Waals surface area contributed by atoms with Crippen LogP contribution in [0, 0.1) is 0 Å². The Morgan fingerprint density at radius 3 is 2.78 bits per heavy atom. The fourth-order valence-corrected chi connectivity index (χ4v) is 2.71. The summed E-state index contributed by atoms with van der Waals surface area (Å²) in [7, 11) is 1.58. The van der Waals surface area contributed by atoms with Crippen LogP contribution in [0.25, 0.3) is 10.9 Å². The lowest BCUT2D eigenvalue weighted by atomic mass is 10.1. The van der Waals surface area contributed by atoms with Gasteiger partial charge < -0.3 is 4.74 Å². The molecule has 3 aromatic rings. The summed E-state index contributed by atoms with van der Waals surface area (Å²) >= 11 is 7.55. The molecule has 23 heavy (non-hydrogen) atoms. The number of hydrogen-bond acceptors (Lipinski definition) is 6. The Morgan fingerprint density at radius 2 is 2.04 bits per heavy atom. The van der Waals surface area contributed by atoms with E-state index in [-0.39, 0.29) is 16.6 Å². The maximum Gasteiger partial charge on any atom is 0.214 e. The summed E-state index contributed by atoms with van der Waals surface area (Å²) in [6.45, 7) is 0. The van der Waals surface area contributed by atoms with Crippen molar-refractivity contribution in [2.75, 3.05) is 13.4 Å². The molecule has 0 N–H and O–H groups in total. The van der Waals surface area contributed by atoms with Crippen LogP contribution in [-0.2, 0) is 0 Å². The van der Waals surface area contributed by atoms with E-state index in [1.54, 1.807) is 37.6 Å². The Labute approximate surface area is 142 Å². The highest BCUT2D eigenvalue weighted by atomic mass is 35.5. The number of carbonyl (C=O) groups excluding carboxylic acids is 1. The Balaban J connectivity index is 2.10. The zero-order valence-electron chi connectivity index (χ0n) is 12.4. The molecule has 116 valence electrons. The first-order valence-corrected chi connectivity index (χ1v) is 8.28. The van der Waals surface area contributed by atoms with E-state index in [2.05, 4.69) is 15.0 Å². The standard InChI is InChI=1S/C16H12ClN3O2S/c1-22-10-3-4-12-9(7-10)8-11(15(17)19-12)14(21)13-5-6-18-16(20-13)23-2/h3-8H,1-2H3. The van der Waals surface area contributed by atoms with Gasteiger partial charge in [-0.25, -0.2) is 15.0 Å². The highest BCUT2D eigenvalue weighted by molar-refractivity contribution is 7.98. The molecule has 7 heteroatoms. The van der Waals surface area contributed by atoms with E-state index < -0.39 is 0 Å². The third kappa shape index (κ3) is 3.13. The molecule has 0 atom stereocenters. The van der Waals surface area contributed by atoms with Crippen LogP contribution in [0.1, 0.15) is 16.1 Å². The van der Waals surface area contributed by atoms with Gasteiger partial charge in [0.15, 0.2) is 5.16 Å². The van der Waals surface area contributed by atoms with Crippen LogP contribution in [-0.4, -0.2) is 34.1 Å². The van der Waals surface area contributed by atoms with Gasteiger partial charge in [-0.2, -0.15) is 0 Å². The number of carbonyl (C=O) groups is 1. The molecule has 0 bridgehead atoms. The van der Waals surface area contributed by atoms with Crippen molar-refractivity contribution in [1.82, 2.24) is 15.0 Å². The first-order valence-electron chi connectivity index (χ1n) is 6.68. The Kier molecular flexibility index (Phi) is 4.45. The van der Waals surface area contributed by atoms with Gasteiger partial charge in [0.2, 0.25) is 5.78 Å². The van der Waals surface area contributed by atoms with Gasteiger partial charge in [-0.05, 0) is 36.6 Å². The maximum absolute atomic E-state index is 12.7. The van der Waals surface area contributed by atoms with Crippen molar-refractivity contribution in [1.29, 1.82) is 0 Å². The molecule has 0 aliphatic rings. The molecule has 0 radical (unpaired) electrons. The molecule has 5 nitrogen and oxygen atoms in total. The first-order chi connectivity index (χ1) is 11.1. The number of thioether (sulfide) groups is 1. The van der Waals surface area contributed by atoms with Crippen molar-refractivity contribution in [3.8, 4) is 5.75 Å². The summed E-state index contributed by atoms with van der Waals surface area (Å²) in [6, 6.07) is 8.67. The van der Waals surface area contributed by atoms with Crippen molar-refractivity contribution in [2.24, 2.45) is 0 Å². The van der Waals surface area contributed by atoms with Gasteiger partial charge >= 0.3 is 0 Å². The normalized spacial score (nSPS) is 10.7. The molecule has 2 heterocycles. The molecule has 0 aliphatic heterocycles. The number of nitrogens with zero attached hydrogens (tertiary/aromatic N) is 3. The van der Waals surface area contributed by atoms with E-state index >= 15 is 0 Å². The number of hydrogen-bond donors (Lipinski definition) is 0. The Bertz CT molecular complexity index is 902. The fraction of sp³-hybridized carbons (Fsp3) is 0.125. The summed E-state index contributed by atoms with van der Waals surface area (Å²) in [6.07, 6.45) is 3.40. The van der Waals surface area contributed by atoms with Gasteiger partial charge in [-0.15, -0.1) is 0 Å². The van der Waals surface area contributed by atoms with Crippen molar-refractivity contribution in [2.45, 2.75) is 5.16 Å². The number of benzene rings is 1. The number of rotatable bonds is 4. The molecule has 2 aromatic heterocycles. The monoisotopic (exact) mass is 345 g/mol. The predicted molar refractivity (Wildman–Crippen MR) is 90.6 cm³/mol. The lowest BCUT2D eigenvalue weighted by molar-refractivity contribution is 0.103. The molecule has 0 unspecified atom stereocenters. The van der Waals surface area contributed by atoms with Crippen LogP contribution >= 0.6 is 23.4 Å². The minimum Gasteiger partial charge on any atom is -0.497 e. The number of ketones is 1. The minimum atomic E-state index is -0.287. The third-order valence-electron chi connectivity index (χ3n) is 3.27. The second-order valence-electron chi connectivity index (χ2n) is 4.64. The van der Waals surface area contributed by atoms with E-state index in [4.69, 9.17) is 16.3 Å². The summed E-state index contributed by atoms with van der Waals surface area (Å²) in [4.78, 5) is 25.2. The highest BCUT2D eigenvalue weighted by Crippen LogP contribution is 2.26. The van der Waals surface area contributed by atoms with Gasteiger partial charge in [0, 0.05) is 11.6 Å². The number of ether oxygens (including phenoxy) is 1. The van der Waals surface area contributed by atoms with Crippen molar-refractivity contribution in [3.05, 3.63) is 52.9 Å². The largest absolute Gasteiger partial charge is 0.497 e. The number of fused-ring (bicyclic) bond motifs is 1. The van der Waals surface area contributed by atoms with E-state index in [1.807, 2.05) is 12.3 Å². The first kappa shape index (κ1) is 15.7. The van der Waals surface area contributed by atoms with Gasteiger partial charge in [0.25, 0.3) is 0 Å². The van der Waals surface area contributed by atoms with Gasteiger partial charge in [0.1, 0.15) is 16.6 Å². The molecular weight excluding hydrogens is 334 g/mol. The molecule has 0 fully saturated rings. The minimum absolute atomic E-state index is 0.150. The quantitative estimate of drug-likeness (QED) is 0.311. The Hall–Kier alpha value is -2.18. The second-order valence-corrected chi connectivity index (χ2v) is 5.77. The van der Waals surface area contributed by atoms with Crippen molar-refractivity contribution >= 4 is 40.0 Å². The van der Waals surface area contributed by atoms with Crippen LogP contribution < -0.4 is 4.74 Å². The van der Waals surface area contributed by atoms with Crippen LogP contribution in [0.5, 0.6) is 5.75 Å². The predicted octanol–water partition coefficient (Wildman–Crippen LogP) is 3.64. The molecule has 3 rings (SSSR count). The molecule has 0 amide bonds. The molecule has 0 aliphatic carbocycles. The van der Waals surface area contributed by atoms with E-state index in [9.17, 15) is 4.79 Å². The maximum atomic E-state index is 12.7. The molecule has 1 aromatic carbocycles. The zero-order chi connectivity index (χ0) is 16.4. The van der Waals surface area contributed by atoms with Crippen molar-refractivity contribution in [3.63, 3.8) is 0 Å². The molecule has 0 saturated carbocycles. The Morgan fingerprint density at radius 1 is 1.22 bits per heavy atom. The van der Waals surface area contributed by atoms with Gasteiger partial charge in [-0.1, -0.05) is 23.4 Å². The van der Waals surface area contributed by atoms with E-state index in [0.29, 0.717) is 22.0 Å². The lowest BCUT2D eigenvalue weighted by Crippen LogP contribution is -2.07. The lowest BCUT2D eigenvalue weighted by Gasteiger charge is -2.07. The number of aromatic nitrogens is 3. The molecule has 0 saturated heterocycles. The van der Waals surface area contributed by atoms with Crippen LogP contribution in [0.4, 0.5) is 0 Å². The summed E-state index contributed by atoms with van der Waals surface area (Å²) in [5.74, 6) is 0.400. The summed E-state index contributed by atoms with van der Waals surface area (Å²) in [5.41, 5.74) is 1.29. The van der Waals surface area contributed by atoms with Crippen LogP contribution in [0.3, 0.4) is 0 Å². The third-order valence-corrected chi connectivity index (χ3v) is 4.12.